The van der Waals surface area contributed by atoms with E-state index in [1.54, 1.807) is 18.6 Å². The molecule has 1 aliphatic rings. The first-order valence-corrected chi connectivity index (χ1v) is 13.9. The zero-order valence-corrected chi connectivity index (χ0v) is 23.3. The van der Waals surface area contributed by atoms with E-state index in [2.05, 4.69) is 55.9 Å². The third-order valence-electron chi connectivity index (χ3n) is 8.80. The van der Waals surface area contributed by atoms with Crippen LogP contribution in [0.3, 0.4) is 0 Å². The van der Waals surface area contributed by atoms with Crippen LogP contribution in [0.25, 0.3) is 55.4 Å². The number of fused-ring (bicyclic) bond motifs is 4. The molecule has 3 heterocycles. The minimum Gasteiger partial charge on any atom is -0.455 e. The largest absolute Gasteiger partial charge is 0.455 e. The van der Waals surface area contributed by atoms with E-state index in [9.17, 15) is 0 Å². The molecule has 3 aromatic carbocycles. The quantitative estimate of drug-likeness (QED) is 0.230. The van der Waals surface area contributed by atoms with Crippen LogP contribution >= 0.6 is 0 Å². The van der Waals surface area contributed by atoms with Crippen molar-refractivity contribution in [1.29, 1.82) is 0 Å². The summed E-state index contributed by atoms with van der Waals surface area (Å²) in [4.78, 5) is 8.73. The van der Waals surface area contributed by atoms with Gasteiger partial charge in [-0.15, -0.1) is 0 Å². The summed E-state index contributed by atoms with van der Waals surface area (Å²) in [6.07, 6.45) is 7.40. The highest BCUT2D eigenvalue weighted by Gasteiger charge is 2.37. The monoisotopic (exact) mass is 526 g/mol. The van der Waals surface area contributed by atoms with Gasteiger partial charge in [0.05, 0.1) is 11.3 Å². The highest BCUT2D eigenvalue weighted by molar-refractivity contribution is 6.14. The Morgan fingerprint density at radius 2 is 1.45 bits per heavy atom. The molecule has 40 heavy (non-hydrogen) atoms. The fourth-order valence-electron chi connectivity index (χ4n) is 6.38. The average Bonchev–Trinajstić information content (AvgIpc) is 3.34. The van der Waals surface area contributed by atoms with Gasteiger partial charge in [0.2, 0.25) is 0 Å². The Bertz CT molecular complexity index is 1900. The maximum atomic E-state index is 16.8. The number of halogens is 1. The topological polar surface area (TPSA) is 38.9 Å². The summed E-state index contributed by atoms with van der Waals surface area (Å²) in [6, 6.07) is 24.0. The molecule has 0 atom stereocenters. The molecule has 3 nitrogen and oxygen atoms in total. The summed E-state index contributed by atoms with van der Waals surface area (Å²) in [5.74, 6) is -0.287. The predicted molar refractivity (Wildman–Crippen MR) is 161 cm³/mol. The lowest BCUT2D eigenvalue weighted by Gasteiger charge is -2.42. The summed E-state index contributed by atoms with van der Waals surface area (Å²) in [7, 11) is 0. The maximum absolute atomic E-state index is 16.8. The van der Waals surface area contributed by atoms with E-state index in [1.807, 2.05) is 54.6 Å². The van der Waals surface area contributed by atoms with Gasteiger partial charge in [0, 0.05) is 40.5 Å². The van der Waals surface area contributed by atoms with Crippen LogP contribution in [-0.2, 0) is 10.8 Å². The first-order chi connectivity index (χ1) is 19.2. The average molecular weight is 527 g/mol. The van der Waals surface area contributed by atoms with Gasteiger partial charge in [0.1, 0.15) is 17.0 Å². The fraction of sp³-hybridized carbons (Fsp3) is 0.222. The predicted octanol–water partition coefficient (Wildman–Crippen LogP) is 9.87. The highest BCUT2D eigenvalue weighted by Crippen LogP contribution is 2.49. The van der Waals surface area contributed by atoms with Crippen molar-refractivity contribution in [3.63, 3.8) is 0 Å². The van der Waals surface area contributed by atoms with E-state index in [-0.39, 0.29) is 16.6 Å². The molecule has 7 rings (SSSR count). The van der Waals surface area contributed by atoms with Gasteiger partial charge in [-0.2, -0.15) is 0 Å². The van der Waals surface area contributed by atoms with Crippen molar-refractivity contribution in [3.8, 4) is 33.5 Å². The number of aromatic nitrogens is 2. The molecule has 6 aromatic rings. The zero-order valence-electron chi connectivity index (χ0n) is 23.3. The lowest BCUT2D eigenvalue weighted by Crippen LogP contribution is -2.33. The molecular weight excluding hydrogens is 495 g/mol. The Kier molecular flexibility index (Phi) is 5.47. The Balaban J connectivity index is 1.58. The molecule has 198 valence electrons. The second kappa shape index (κ2) is 8.85. The van der Waals surface area contributed by atoms with Crippen LogP contribution in [0.4, 0.5) is 4.39 Å². The number of hydrogen-bond acceptors (Lipinski definition) is 3. The van der Waals surface area contributed by atoms with Gasteiger partial charge in [-0.25, -0.2) is 4.39 Å². The van der Waals surface area contributed by atoms with Crippen molar-refractivity contribution in [2.45, 2.75) is 51.4 Å². The van der Waals surface area contributed by atoms with Crippen molar-refractivity contribution in [2.75, 3.05) is 0 Å². The summed E-state index contributed by atoms with van der Waals surface area (Å²) < 4.78 is 23.4. The van der Waals surface area contributed by atoms with Gasteiger partial charge < -0.3 is 4.42 Å². The Labute approximate surface area is 233 Å². The molecular formula is C36H31FN2O. The van der Waals surface area contributed by atoms with Gasteiger partial charge in [0.25, 0.3) is 0 Å². The number of benzene rings is 3. The minimum absolute atomic E-state index is 0.000803. The fourth-order valence-corrected chi connectivity index (χ4v) is 6.38. The van der Waals surface area contributed by atoms with Crippen LogP contribution in [0.15, 0.2) is 95.8 Å². The SMILES string of the molecule is CC1(C)CCC(C)(C)c2cc(-c3c(F)c(-c4ccncc4)cc4c3oc3c(-c5ccccn5)cccc34)ccc21. The number of pyridine rings is 2. The molecule has 0 aliphatic heterocycles. The molecule has 0 amide bonds. The molecule has 0 radical (unpaired) electrons. The lowest BCUT2D eigenvalue weighted by molar-refractivity contribution is 0.332. The molecule has 0 saturated heterocycles. The van der Waals surface area contributed by atoms with Crippen molar-refractivity contribution >= 4 is 21.9 Å². The Morgan fingerprint density at radius 1 is 0.675 bits per heavy atom. The standard InChI is InChI=1S/C36H31FN2O/c1-35(2)15-16-36(3,4)29-20-23(11-12-28(29)35)31-32(37)26(22-13-18-38-19-14-22)21-27-24-8-7-9-25(33(24)40-34(27)31)30-10-5-6-17-39-30/h5-14,17-21H,15-16H2,1-4H3. The van der Waals surface area contributed by atoms with Crippen molar-refractivity contribution in [3.05, 3.63) is 108 Å². The van der Waals surface area contributed by atoms with Crippen molar-refractivity contribution in [1.82, 2.24) is 9.97 Å². The molecule has 3 aromatic heterocycles. The second-order valence-electron chi connectivity index (χ2n) is 12.3. The van der Waals surface area contributed by atoms with Gasteiger partial charge in [-0.1, -0.05) is 64.1 Å². The van der Waals surface area contributed by atoms with Crippen molar-refractivity contribution < 1.29 is 8.81 Å². The van der Waals surface area contributed by atoms with E-state index >= 15 is 4.39 Å². The lowest BCUT2D eigenvalue weighted by atomic mass is 9.63. The van der Waals surface area contributed by atoms with E-state index in [0.717, 1.165) is 46.0 Å². The second-order valence-corrected chi connectivity index (χ2v) is 12.3. The van der Waals surface area contributed by atoms with Gasteiger partial charge in [-0.05, 0) is 82.3 Å². The molecule has 0 spiro atoms. The van der Waals surface area contributed by atoms with E-state index in [4.69, 9.17) is 4.42 Å². The summed E-state index contributed by atoms with van der Waals surface area (Å²) in [5.41, 5.74) is 8.33. The normalized spacial score (nSPS) is 15.8. The van der Waals surface area contributed by atoms with Gasteiger partial charge >= 0.3 is 0 Å². The molecule has 4 heteroatoms. The Morgan fingerprint density at radius 3 is 2.20 bits per heavy atom. The van der Waals surface area contributed by atoms with E-state index in [1.165, 1.54) is 11.1 Å². The third-order valence-corrected chi connectivity index (χ3v) is 8.80. The molecule has 0 N–H and O–H groups in total. The number of hydrogen-bond donors (Lipinski definition) is 0. The summed E-state index contributed by atoms with van der Waals surface area (Å²) in [5, 5.41) is 1.82. The van der Waals surface area contributed by atoms with Gasteiger partial charge in [-0.3, -0.25) is 9.97 Å². The Hall–Kier alpha value is -4.31. The molecule has 0 unspecified atom stereocenters. The third kappa shape index (κ3) is 3.77. The number of para-hydroxylation sites is 1. The number of rotatable bonds is 3. The minimum atomic E-state index is -0.287. The first kappa shape index (κ1) is 24.7. The molecule has 1 aliphatic carbocycles. The van der Waals surface area contributed by atoms with Crippen LogP contribution in [0.5, 0.6) is 0 Å². The zero-order chi connectivity index (χ0) is 27.6. The van der Waals surface area contributed by atoms with Gasteiger partial charge in [0.15, 0.2) is 0 Å². The smallest absolute Gasteiger partial charge is 0.146 e. The molecule has 0 fully saturated rings. The summed E-state index contributed by atoms with van der Waals surface area (Å²) >= 11 is 0. The van der Waals surface area contributed by atoms with Crippen LogP contribution in [0.2, 0.25) is 0 Å². The van der Waals surface area contributed by atoms with E-state index in [0.29, 0.717) is 22.3 Å². The number of nitrogens with zero attached hydrogens (tertiary/aromatic N) is 2. The summed E-state index contributed by atoms with van der Waals surface area (Å²) in [6.45, 7) is 9.21. The van der Waals surface area contributed by atoms with E-state index < -0.39 is 0 Å². The molecule has 0 bridgehead atoms. The van der Waals surface area contributed by atoms with Crippen LogP contribution in [0, 0.1) is 5.82 Å². The number of furan rings is 1. The maximum Gasteiger partial charge on any atom is 0.146 e. The molecule has 0 saturated carbocycles. The van der Waals surface area contributed by atoms with Crippen molar-refractivity contribution in [2.24, 2.45) is 0 Å². The highest BCUT2D eigenvalue weighted by atomic mass is 19.1. The first-order valence-electron chi connectivity index (χ1n) is 13.9. The van der Waals surface area contributed by atoms with Crippen LogP contribution in [-0.4, -0.2) is 9.97 Å². The van der Waals surface area contributed by atoms with Crippen LogP contribution < -0.4 is 0 Å². The van der Waals surface area contributed by atoms with Crippen LogP contribution in [0.1, 0.15) is 51.7 Å².